The zero-order valence-electron chi connectivity index (χ0n) is 19.4. The van der Waals surface area contributed by atoms with Crippen LogP contribution in [0.3, 0.4) is 0 Å². The van der Waals surface area contributed by atoms with Crippen molar-refractivity contribution in [2.75, 3.05) is 7.11 Å². The molecule has 0 aliphatic heterocycles. The highest BCUT2D eigenvalue weighted by atomic mass is 16.5. The number of carbonyl (C=O) groups excluding carboxylic acids is 2. The maximum absolute atomic E-state index is 12.4. The number of aliphatic hydroxyl groups excluding tert-OH is 1. The average molecular weight is 405 g/mol. The van der Waals surface area contributed by atoms with Crippen LogP contribution in [0.2, 0.25) is 0 Å². The number of allylic oxidation sites excluding steroid dienone is 6. The zero-order valence-corrected chi connectivity index (χ0v) is 19.4. The maximum atomic E-state index is 12.4. The molecule has 4 heteroatoms. The predicted molar refractivity (Wildman–Crippen MR) is 121 cm³/mol. The Hall–Kier alpha value is -1.78. The highest BCUT2D eigenvalue weighted by Gasteiger charge is 2.20. The number of Topliss-reactive ketones (excluding diaryl/α,β-unsaturated/α-hetero) is 2. The van der Waals surface area contributed by atoms with E-state index in [4.69, 9.17) is 4.74 Å². The molecule has 164 valence electrons. The number of ether oxygens (including phenoxy) is 1. The molecule has 5 atom stereocenters. The first-order chi connectivity index (χ1) is 13.5. The van der Waals surface area contributed by atoms with Crippen LogP contribution in [0, 0.1) is 17.8 Å². The van der Waals surface area contributed by atoms with Crippen LogP contribution in [0.25, 0.3) is 0 Å². The molecular formula is C25H40O4. The minimum atomic E-state index is -0.829. The van der Waals surface area contributed by atoms with Gasteiger partial charge in [0.25, 0.3) is 0 Å². The largest absolute Gasteiger partial charge is 0.388 e. The number of hydrogen-bond acceptors (Lipinski definition) is 4. The first-order valence-electron chi connectivity index (χ1n) is 10.4. The van der Waals surface area contributed by atoms with E-state index >= 15 is 0 Å². The number of methoxy groups -OCH3 is 1. The van der Waals surface area contributed by atoms with Gasteiger partial charge in [-0.15, -0.1) is 0 Å². The Morgan fingerprint density at radius 3 is 2.14 bits per heavy atom. The summed E-state index contributed by atoms with van der Waals surface area (Å²) in [4.78, 5) is 23.8. The first kappa shape index (κ1) is 27.2. The van der Waals surface area contributed by atoms with Gasteiger partial charge >= 0.3 is 0 Å². The minimum Gasteiger partial charge on any atom is -0.388 e. The van der Waals surface area contributed by atoms with Crippen LogP contribution in [0.1, 0.15) is 61.3 Å². The van der Waals surface area contributed by atoms with E-state index in [1.54, 1.807) is 27.0 Å². The molecule has 29 heavy (non-hydrogen) atoms. The Bertz CT molecular complexity index is 639. The highest BCUT2D eigenvalue weighted by molar-refractivity contribution is 5.82. The quantitative estimate of drug-likeness (QED) is 0.337. The van der Waals surface area contributed by atoms with Gasteiger partial charge in [0.05, 0.1) is 12.2 Å². The Kier molecular flexibility index (Phi) is 13.4. The van der Waals surface area contributed by atoms with E-state index in [0.29, 0.717) is 5.57 Å². The fraction of sp³-hybridized carbons (Fsp3) is 0.600. The Morgan fingerprint density at radius 2 is 1.59 bits per heavy atom. The second-order valence-corrected chi connectivity index (χ2v) is 8.17. The fourth-order valence-electron chi connectivity index (χ4n) is 2.79. The summed E-state index contributed by atoms with van der Waals surface area (Å²) >= 11 is 0. The highest BCUT2D eigenvalue weighted by Crippen LogP contribution is 2.19. The lowest BCUT2D eigenvalue weighted by atomic mass is 9.89. The van der Waals surface area contributed by atoms with E-state index in [-0.39, 0.29) is 41.8 Å². The van der Waals surface area contributed by atoms with E-state index in [1.807, 2.05) is 45.1 Å². The summed E-state index contributed by atoms with van der Waals surface area (Å²) in [5, 5.41) is 10.3. The Labute approximate surface area is 177 Å². The van der Waals surface area contributed by atoms with Crippen molar-refractivity contribution >= 4 is 11.6 Å². The van der Waals surface area contributed by atoms with Gasteiger partial charge in [-0.3, -0.25) is 9.59 Å². The Morgan fingerprint density at radius 1 is 0.966 bits per heavy atom. The van der Waals surface area contributed by atoms with E-state index in [1.165, 1.54) is 6.92 Å². The topological polar surface area (TPSA) is 63.6 Å². The first-order valence-corrected chi connectivity index (χ1v) is 10.4. The number of aliphatic hydroxyl groups is 1. The number of rotatable bonds is 13. The molecule has 2 unspecified atom stereocenters. The van der Waals surface area contributed by atoms with Crippen molar-refractivity contribution in [3.8, 4) is 0 Å². The van der Waals surface area contributed by atoms with Crippen molar-refractivity contribution in [1.29, 1.82) is 0 Å². The Balaban J connectivity index is 4.58. The normalized spacial score (nSPS) is 18.7. The van der Waals surface area contributed by atoms with Gasteiger partial charge in [0.15, 0.2) is 0 Å². The van der Waals surface area contributed by atoms with Gasteiger partial charge in [0.2, 0.25) is 0 Å². The van der Waals surface area contributed by atoms with Crippen molar-refractivity contribution in [1.82, 2.24) is 0 Å². The van der Waals surface area contributed by atoms with E-state index < -0.39 is 6.10 Å². The molecular weight excluding hydrogens is 364 g/mol. The summed E-state index contributed by atoms with van der Waals surface area (Å²) in [6.07, 6.45) is 11.9. The van der Waals surface area contributed by atoms with Crippen LogP contribution in [0.5, 0.6) is 0 Å². The van der Waals surface area contributed by atoms with Crippen LogP contribution in [0.4, 0.5) is 0 Å². The summed E-state index contributed by atoms with van der Waals surface area (Å²) in [6, 6.07) is 0. The van der Waals surface area contributed by atoms with E-state index in [9.17, 15) is 14.7 Å². The lowest BCUT2D eigenvalue weighted by molar-refractivity contribution is -0.124. The van der Waals surface area contributed by atoms with Crippen molar-refractivity contribution in [2.45, 2.75) is 73.5 Å². The predicted octanol–water partition coefficient (Wildman–Crippen LogP) is 5.23. The third-order valence-electron chi connectivity index (χ3n) is 5.37. The fourth-order valence-corrected chi connectivity index (χ4v) is 2.79. The molecule has 0 saturated heterocycles. The molecule has 0 aromatic carbocycles. The smallest absolute Gasteiger partial charge is 0.138 e. The van der Waals surface area contributed by atoms with Gasteiger partial charge in [0, 0.05) is 25.4 Å². The summed E-state index contributed by atoms with van der Waals surface area (Å²) < 4.78 is 5.26. The molecule has 0 aromatic rings. The van der Waals surface area contributed by atoms with Crippen LogP contribution in [0.15, 0.2) is 47.6 Å². The van der Waals surface area contributed by atoms with Gasteiger partial charge in [-0.2, -0.15) is 0 Å². The average Bonchev–Trinajstić information content (AvgIpc) is 2.66. The molecule has 0 aliphatic carbocycles. The van der Waals surface area contributed by atoms with Crippen LogP contribution >= 0.6 is 0 Å². The van der Waals surface area contributed by atoms with Gasteiger partial charge in [-0.1, -0.05) is 57.2 Å². The van der Waals surface area contributed by atoms with Crippen LogP contribution in [-0.4, -0.2) is 36.0 Å². The lowest BCUT2D eigenvalue weighted by Gasteiger charge is -2.17. The second-order valence-electron chi connectivity index (χ2n) is 8.17. The molecule has 0 radical (unpaired) electrons. The second kappa shape index (κ2) is 14.2. The molecule has 0 fully saturated rings. The van der Waals surface area contributed by atoms with Crippen molar-refractivity contribution in [3.63, 3.8) is 0 Å². The zero-order chi connectivity index (χ0) is 22.6. The summed E-state index contributed by atoms with van der Waals surface area (Å²) in [7, 11) is 1.69. The third-order valence-corrected chi connectivity index (χ3v) is 5.37. The molecule has 0 spiro atoms. The summed E-state index contributed by atoms with van der Waals surface area (Å²) in [6.45, 7) is 13.1. The number of hydrogen-bond donors (Lipinski definition) is 1. The molecule has 0 amide bonds. The number of carbonyl (C=O) groups is 2. The van der Waals surface area contributed by atoms with Gasteiger partial charge in [-0.05, 0) is 51.2 Å². The number of ketones is 2. The molecule has 0 saturated carbocycles. The molecule has 4 nitrogen and oxygen atoms in total. The SMILES string of the molecule is CO[C@@H](C)/C(C)=C/C=C/C=C/[C@@H](C)CC(C)C(=O)CC(O)/C(C)=C/[C@@H](C)C(C)=O. The standard InChI is InChI=1S/C25H40O4/c1-17(12-10-9-11-13-18(2)23(7)29-8)14-20(4)24(27)16-25(28)21(5)15-19(3)22(6)26/h9-13,15,17,19-20,23,25,28H,14,16H2,1-8H3/b11-9+,12-10+,18-13+,21-15+/t17-,19-,20?,23+,25?/m1/s1. The maximum Gasteiger partial charge on any atom is 0.138 e. The van der Waals surface area contributed by atoms with Gasteiger partial charge in [0.1, 0.15) is 11.6 Å². The van der Waals surface area contributed by atoms with Crippen LogP contribution in [-0.2, 0) is 14.3 Å². The van der Waals surface area contributed by atoms with E-state index in [2.05, 4.69) is 13.0 Å². The molecule has 0 aliphatic rings. The van der Waals surface area contributed by atoms with Gasteiger partial charge in [-0.25, -0.2) is 0 Å². The van der Waals surface area contributed by atoms with Crippen molar-refractivity contribution in [2.24, 2.45) is 17.8 Å². The van der Waals surface area contributed by atoms with Crippen molar-refractivity contribution in [3.05, 3.63) is 47.6 Å². The van der Waals surface area contributed by atoms with Crippen molar-refractivity contribution < 1.29 is 19.4 Å². The van der Waals surface area contributed by atoms with Crippen LogP contribution < -0.4 is 0 Å². The van der Waals surface area contributed by atoms with E-state index in [0.717, 1.165) is 12.0 Å². The monoisotopic (exact) mass is 404 g/mol. The molecule has 0 aromatic heterocycles. The van der Waals surface area contributed by atoms with Gasteiger partial charge < -0.3 is 9.84 Å². The minimum absolute atomic E-state index is 0.0450. The summed E-state index contributed by atoms with van der Waals surface area (Å²) in [5.74, 6) is -0.0239. The molecule has 0 heterocycles. The lowest BCUT2D eigenvalue weighted by Crippen LogP contribution is -2.21. The molecule has 0 bridgehead atoms. The third kappa shape index (κ3) is 11.7. The molecule has 0 rings (SSSR count). The molecule has 1 N–H and O–H groups in total. The summed E-state index contributed by atoms with van der Waals surface area (Å²) in [5.41, 5.74) is 1.84.